The number of guanidine groups is 1. The van der Waals surface area contributed by atoms with Gasteiger partial charge in [0.25, 0.3) is 0 Å². The first-order valence-corrected chi connectivity index (χ1v) is 10.2. The lowest BCUT2D eigenvalue weighted by Gasteiger charge is -2.34. The summed E-state index contributed by atoms with van der Waals surface area (Å²) in [6, 6.07) is 0. The molecule has 0 aromatic rings. The van der Waals surface area contributed by atoms with Crippen molar-refractivity contribution in [2.45, 2.75) is 39.5 Å². The third-order valence-corrected chi connectivity index (χ3v) is 4.77. The summed E-state index contributed by atoms with van der Waals surface area (Å²) >= 11 is 1.92. The predicted molar refractivity (Wildman–Crippen MR) is 116 cm³/mol. The Morgan fingerprint density at radius 1 is 1.30 bits per heavy atom. The molecular weight excluding hydrogens is 419 g/mol. The van der Waals surface area contributed by atoms with Crippen molar-refractivity contribution in [3.05, 3.63) is 0 Å². The van der Waals surface area contributed by atoms with Crippen LogP contribution in [0.1, 0.15) is 39.5 Å². The summed E-state index contributed by atoms with van der Waals surface area (Å²) in [4.78, 5) is 6.96. The number of unbranched alkanes of at least 4 members (excludes halogenated alkanes) is 1. The van der Waals surface area contributed by atoms with E-state index in [2.05, 4.69) is 40.6 Å². The van der Waals surface area contributed by atoms with Gasteiger partial charge in [0.05, 0.1) is 0 Å². The van der Waals surface area contributed by atoms with E-state index in [-0.39, 0.29) is 24.0 Å². The highest BCUT2D eigenvalue weighted by molar-refractivity contribution is 14.0. The van der Waals surface area contributed by atoms with Gasteiger partial charge in [0.2, 0.25) is 0 Å². The van der Waals surface area contributed by atoms with Crippen molar-refractivity contribution in [1.29, 1.82) is 0 Å². The van der Waals surface area contributed by atoms with E-state index in [1.807, 2.05) is 18.8 Å². The minimum absolute atomic E-state index is 0. The van der Waals surface area contributed by atoms with E-state index >= 15 is 0 Å². The average Bonchev–Trinajstić information content (AvgIpc) is 2.50. The average molecular weight is 456 g/mol. The van der Waals surface area contributed by atoms with Gasteiger partial charge in [-0.2, -0.15) is 11.8 Å². The molecule has 0 amide bonds. The van der Waals surface area contributed by atoms with Crippen molar-refractivity contribution in [1.82, 2.24) is 15.5 Å². The molecule has 1 fully saturated rings. The molecule has 1 saturated heterocycles. The smallest absolute Gasteiger partial charge is 0.190 e. The molecule has 6 heteroatoms. The third kappa shape index (κ3) is 11.5. The van der Waals surface area contributed by atoms with Gasteiger partial charge in [0.1, 0.15) is 0 Å². The molecule has 0 aromatic heterocycles. The zero-order chi connectivity index (χ0) is 16.2. The Hall–Kier alpha value is 0.310. The number of aliphatic imine (C=N–C) groups is 1. The fraction of sp³-hybridized carbons (Fsp3) is 0.941. The second-order valence-electron chi connectivity index (χ2n) is 6.74. The van der Waals surface area contributed by atoms with Crippen molar-refractivity contribution < 1.29 is 0 Å². The predicted octanol–water partition coefficient (Wildman–Crippen LogP) is 3.28. The van der Waals surface area contributed by atoms with E-state index in [1.165, 1.54) is 51.1 Å². The van der Waals surface area contributed by atoms with E-state index < -0.39 is 0 Å². The zero-order valence-electron chi connectivity index (χ0n) is 15.4. The molecule has 0 saturated carbocycles. The maximum atomic E-state index is 4.33. The fourth-order valence-corrected chi connectivity index (χ4v) is 3.53. The number of halogens is 1. The molecule has 1 unspecified atom stereocenters. The van der Waals surface area contributed by atoms with Crippen LogP contribution in [0, 0.1) is 11.8 Å². The first kappa shape index (κ1) is 23.3. The number of likely N-dealkylation sites (tertiary alicyclic amines) is 1. The lowest BCUT2D eigenvalue weighted by molar-refractivity contribution is 0.159. The third-order valence-electron chi connectivity index (χ3n) is 4.08. The molecule has 138 valence electrons. The summed E-state index contributed by atoms with van der Waals surface area (Å²) in [6.45, 7) is 10.4. The SMILES string of the molecule is CN=C(NCCCCSC)NCC1CCCN(CC(C)C)C1.I. The second kappa shape index (κ2) is 14.6. The Bertz CT molecular complexity index is 313. The van der Waals surface area contributed by atoms with Gasteiger partial charge >= 0.3 is 0 Å². The highest BCUT2D eigenvalue weighted by Crippen LogP contribution is 2.16. The van der Waals surface area contributed by atoms with Crippen LogP contribution in [0.25, 0.3) is 0 Å². The summed E-state index contributed by atoms with van der Waals surface area (Å²) in [5, 5.41) is 6.94. The fourth-order valence-electron chi connectivity index (χ4n) is 3.04. The molecule has 1 aliphatic heterocycles. The van der Waals surface area contributed by atoms with Crippen LogP contribution >= 0.6 is 35.7 Å². The molecule has 0 bridgehead atoms. The van der Waals surface area contributed by atoms with E-state index in [4.69, 9.17) is 0 Å². The van der Waals surface area contributed by atoms with E-state index in [0.29, 0.717) is 0 Å². The number of rotatable bonds is 9. The summed E-state index contributed by atoms with van der Waals surface area (Å²) in [5.74, 6) is 3.73. The van der Waals surface area contributed by atoms with Gasteiger partial charge in [-0.25, -0.2) is 0 Å². The summed E-state index contributed by atoms with van der Waals surface area (Å²) < 4.78 is 0. The molecule has 0 aromatic carbocycles. The lowest BCUT2D eigenvalue weighted by atomic mass is 9.97. The number of hydrogen-bond acceptors (Lipinski definition) is 3. The highest BCUT2D eigenvalue weighted by Gasteiger charge is 2.20. The number of piperidine rings is 1. The van der Waals surface area contributed by atoms with Crippen molar-refractivity contribution in [2.75, 3.05) is 51.8 Å². The summed E-state index contributed by atoms with van der Waals surface area (Å²) in [6.07, 6.45) is 7.33. The van der Waals surface area contributed by atoms with Crippen LogP contribution in [0.4, 0.5) is 0 Å². The molecule has 0 spiro atoms. The summed E-state index contributed by atoms with van der Waals surface area (Å²) in [5.41, 5.74) is 0. The van der Waals surface area contributed by atoms with Crippen LogP contribution in [0.15, 0.2) is 4.99 Å². The second-order valence-corrected chi connectivity index (χ2v) is 7.73. The van der Waals surface area contributed by atoms with Gasteiger partial charge in [-0.15, -0.1) is 24.0 Å². The lowest BCUT2D eigenvalue weighted by Crippen LogP contribution is -2.45. The maximum absolute atomic E-state index is 4.33. The van der Waals surface area contributed by atoms with Gasteiger partial charge < -0.3 is 15.5 Å². The van der Waals surface area contributed by atoms with Crippen molar-refractivity contribution in [3.8, 4) is 0 Å². The Morgan fingerprint density at radius 3 is 2.74 bits per heavy atom. The molecule has 2 N–H and O–H groups in total. The standard InChI is InChI=1S/C17H36N4S.HI/c1-15(2)13-21-10-7-8-16(14-21)12-20-17(18-3)19-9-5-6-11-22-4;/h15-16H,5-14H2,1-4H3,(H2,18,19,20);1H. The quantitative estimate of drug-likeness (QED) is 0.242. The van der Waals surface area contributed by atoms with Crippen LogP contribution in [-0.2, 0) is 0 Å². The van der Waals surface area contributed by atoms with Gasteiger partial charge in [-0.05, 0) is 56.1 Å². The highest BCUT2D eigenvalue weighted by atomic mass is 127. The maximum Gasteiger partial charge on any atom is 0.190 e. The van der Waals surface area contributed by atoms with E-state index in [9.17, 15) is 0 Å². The van der Waals surface area contributed by atoms with Crippen LogP contribution in [0.3, 0.4) is 0 Å². The van der Waals surface area contributed by atoms with E-state index in [1.54, 1.807) is 0 Å². The number of thioether (sulfide) groups is 1. The Balaban J connectivity index is 0.00000484. The molecule has 0 radical (unpaired) electrons. The Morgan fingerprint density at radius 2 is 2.09 bits per heavy atom. The number of hydrogen-bond donors (Lipinski definition) is 2. The topological polar surface area (TPSA) is 39.7 Å². The molecule has 4 nitrogen and oxygen atoms in total. The van der Waals surface area contributed by atoms with Gasteiger partial charge in [-0.1, -0.05) is 13.8 Å². The molecule has 1 rings (SSSR count). The number of nitrogens with zero attached hydrogens (tertiary/aromatic N) is 2. The van der Waals surface area contributed by atoms with Crippen LogP contribution in [0.2, 0.25) is 0 Å². The minimum atomic E-state index is 0. The molecule has 1 aliphatic rings. The van der Waals surface area contributed by atoms with Crippen molar-refractivity contribution in [2.24, 2.45) is 16.8 Å². The monoisotopic (exact) mass is 456 g/mol. The van der Waals surface area contributed by atoms with Crippen LogP contribution in [-0.4, -0.2) is 62.6 Å². The molecule has 1 atom stereocenters. The van der Waals surface area contributed by atoms with Gasteiger partial charge in [-0.3, -0.25) is 4.99 Å². The Kier molecular flexibility index (Phi) is 14.8. The molecular formula is C17H37IN4S. The van der Waals surface area contributed by atoms with Crippen LogP contribution in [0.5, 0.6) is 0 Å². The zero-order valence-corrected chi connectivity index (χ0v) is 18.6. The number of nitrogens with one attached hydrogen (secondary N) is 2. The summed E-state index contributed by atoms with van der Waals surface area (Å²) in [7, 11) is 1.86. The van der Waals surface area contributed by atoms with Crippen molar-refractivity contribution in [3.63, 3.8) is 0 Å². The first-order valence-electron chi connectivity index (χ1n) is 8.81. The molecule has 1 heterocycles. The first-order chi connectivity index (χ1) is 10.7. The normalized spacial score (nSPS) is 19.5. The largest absolute Gasteiger partial charge is 0.356 e. The van der Waals surface area contributed by atoms with Crippen molar-refractivity contribution >= 4 is 41.7 Å². The molecule has 23 heavy (non-hydrogen) atoms. The van der Waals surface area contributed by atoms with Gasteiger partial charge in [0, 0.05) is 33.2 Å². The van der Waals surface area contributed by atoms with Gasteiger partial charge in [0.15, 0.2) is 5.96 Å². The van der Waals surface area contributed by atoms with Crippen LogP contribution < -0.4 is 10.6 Å². The minimum Gasteiger partial charge on any atom is -0.356 e. The van der Waals surface area contributed by atoms with E-state index in [0.717, 1.165) is 30.9 Å². The molecule has 0 aliphatic carbocycles. The Labute approximate surface area is 165 Å².